The van der Waals surface area contributed by atoms with Crippen molar-refractivity contribution in [3.05, 3.63) is 18.2 Å². The second-order valence-corrected chi connectivity index (χ2v) is 4.37. The van der Waals surface area contributed by atoms with E-state index < -0.39 is 0 Å². The van der Waals surface area contributed by atoms with Gasteiger partial charge in [-0.2, -0.15) is 0 Å². The van der Waals surface area contributed by atoms with Crippen LogP contribution in [0.25, 0.3) is 0 Å². The number of nitrogens with one attached hydrogen (secondary N) is 1. The molecule has 1 aliphatic heterocycles. The number of likely N-dealkylation sites (N-methyl/N-ethyl adjacent to an activating group) is 1. The molecule has 1 heterocycles. The first kappa shape index (κ1) is 13.7. The molecular weight excluding hydrogens is 244 g/mol. The summed E-state index contributed by atoms with van der Waals surface area (Å²) in [5.74, 6) is 1.40. The van der Waals surface area contributed by atoms with E-state index >= 15 is 0 Å². The number of hydrogen-bond acceptors (Lipinski definition) is 4. The maximum absolute atomic E-state index is 11.9. The van der Waals surface area contributed by atoms with Gasteiger partial charge in [-0.1, -0.05) is 13.8 Å². The first-order valence-electron chi connectivity index (χ1n) is 6.64. The SMILES string of the molecule is CCN(CC)CC(=O)Nc1ccc2c(c1)OCCO2. The van der Waals surface area contributed by atoms with Crippen LogP contribution in [0.4, 0.5) is 5.69 Å². The highest BCUT2D eigenvalue weighted by Crippen LogP contribution is 2.32. The van der Waals surface area contributed by atoms with Gasteiger partial charge in [0.15, 0.2) is 11.5 Å². The number of carbonyl (C=O) groups excluding carboxylic acids is 1. The monoisotopic (exact) mass is 264 g/mol. The lowest BCUT2D eigenvalue weighted by atomic mass is 10.2. The molecule has 1 aliphatic rings. The molecule has 1 N–H and O–H groups in total. The molecule has 0 aromatic heterocycles. The number of nitrogens with zero attached hydrogens (tertiary/aromatic N) is 1. The molecule has 1 amide bonds. The van der Waals surface area contributed by atoms with Crippen LogP contribution in [-0.4, -0.2) is 43.7 Å². The second-order valence-electron chi connectivity index (χ2n) is 4.37. The highest BCUT2D eigenvalue weighted by atomic mass is 16.6. The molecular formula is C14H20N2O3. The summed E-state index contributed by atoms with van der Waals surface area (Å²) in [5.41, 5.74) is 0.737. The molecule has 2 rings (SSSR count). The molecule has 0 saturated carbocycles. The summed E-state index contributed by atoms with van der Waals surface area (Å²) in [6.45, 7) is 7.34. The fourth-order valence-corrected chi connectivity index (χ4v) is 1.97. The van der Waals surface area contributed by atoms with Gasteiger partial charge in [0, 0.05) is 11.8 Å². The van der Waals surface area contributed by atoms with E-state index in [0.29, 0.717) is 25.5 Å². The van der Waals surface area contributed by atoms with Crippen LogP contribution in [0.1, 0.15) is 13.8 Å². The predicted molar refractivity (Wildman–Crippen MR) is 73.8 cm³/mol. The number of ether oxygens (including phenoxy) is 2. The van der Waals surface area contributed by atoms with E-state index in [1.54, 1.807) is 6.07 Å². The normalized spacial score (nSPS) is 13.4. The number of rotatable bonds is 5. The molecule has 0 unspecified atom stereocenters. The van der Waals surface area contributed by atoms with Crippen LogP contribution in [0.3, 0.4) is 0 Å². The minimum Gasteiger partial charge on any atom is -0.486 e. The average molecular weight is 264 g/mol. The lowest BCUT2D eigenvalue weighted by molar-refractivity contribution is -0.117. The number of carbonyl (C=O) groups is 1. The Labute approximate surface area is 113 Å². The number of amides is 1. The quantitative estimate of drug-likeness (QED) is 0.880. The largest absolute Gasteiger partial charge is 0.486 e. The number of benzene rings is 1. The first-order chi connectivity index (χ1) is 9.22. The molecule has 0 fully saturated rings. The zero-order chi connectivity index (χ0) is 13.7. The van der Waals surface area contributed by atoms with Gasteiger partial charge in [-0.15, -0.1) is 0 Å². The van der Waals surface area contributed by atoms with Gasteiger partial charge in [0.1, 0.15) is 13.2 Å². The van der Waals surface area contributed by atoms with Gasteiger partial charge in [-0.25, -0.2) is 0 Å². The van der Waals surface area contributed by atoms with Gasteiger partial charge in [-0.3, -0.25) is 9.69 Å². The lowest BCUT2D eigenvalue weighted by Gasteiger charge is -2.20. The van der Waals surface area contributed by atoms with Crippen LogP contribution in [0.5, 0.6) is 11.5 Å². The van der Waals surface area contributed by atoms with Crippen molar-refractivity contribution >= 4 is 11.6 Å². The van der Waals surface area contributed by atoms with Crippen molar-refractivity contribution in [2.45, 2.75) is 13.8 Å². The van der Waals surface area contributed by atoms with Crippen molar-refractivity contribution in [1.29, 1.82) is 0 Å². The lowest BCUT2D eigenvalue weighted by Crippen LogP contribution is -2.32. The van der Waals surface area contributed by atoms with Crippen LogP contribution in [0.2, 0.25) is 0 Å². The number of hydrogen-bond donors (Lipinski definition) is 1. The van der Waals surface area contributed by atoms with Gasteiger partial charge in [0.05, 0.1) is 6.54 Å². The first-order valence-corrected chi connectivity index (χ1v) is 6.64. The van der Waals surface area contributed by atoms with Crippen molar-refractivity contribution in [1.82, 2.24) is 4.90 Å². The predicted octanol–water partition coefficient (Wildman–Crippen LogP) is 1.74. The third-order valence-electron chi connectivity index (χ3n) is 3.09. The van der Waals surface area contributed by atoms with Crippen LogP contribution in [0, 0.1) is 0 Å². The van der Waals surface area contributed by atoms with E-state index in [4.69, 9.17) is 9.47 Å². The maximum atomic E-state index is 11.9. The van der Waals surface area contributed by atoms with Crippen LogP contribution in [0.15, 0.2) is 18.2 Å². The van der Waals surface area contributed by atoms with Crippen LogP contribution < -0.4 is 14.8 Å². The van der Waals surface area contributed by atoms with E-state index in [9.17, 15) is 4.79 Å². The Bertz CT molecular complexity index is 444. The summed E-state index contributed by atoms with van der Waals surface area (Å²) in [7, 11) is 0. The Morgan fingerprint density at radius 2 is 1.89 bits per heavy atom. The highest BCUT2D eigenvalue weighted by Gasteiger charge is 2.13. The summed E-state index contributed by atoms with van der Waals surface area (Å²) in [6.07, 6.45) is 0. The van der Waals surface area contributed by atoms with E-state index in [2.05, 4.69) is 10.2 Å². The molecule has 0 radical (unpaired) electrons. The topological polar surface area (TPSA) is 50.8 Å². The Morgan fingerprint density at radius 3 is 2.58 bits per heavy atom. The molecule has 0 aliphatic carbocycles. The van der Waals surface area contributed by atoms with Crippen LogP contribution >= 0.6 is 0 Å². The maximum Gasteiger partial charge on any atom is 0.238 e. The summed E-state index contributed by atoms with van der Waals surface area (Å²) < 4.78 is 10.9. The van der Waals surface area contributed by atoms with Gasteiger partial charge in [-0.05, 0) is 25.2 Å². The zero-order valence-corrected chi connectivity index (χ0v) is 11.4. The molecule has 5 heteroatoms. The Hall–Kier alpha value is -1.75. The second kappa shape index (κ2) is 6.43. The van der Waals surface area contributed by atoms with Crippen molar-refractivity contribution in [3.63, 3.8) is 0 Å². The number of anilines is 1. The van der Waals surface area contributed by atoms with Crippen molar-refractivity contribution in [2.24, 2.45) is 0 Å². The number of fused-ring (bicyclic) bond motifs is 1. The molecule has 0 atom stereocenters. The molecule has 0 bridgehead atoms. The van der Waals surface area contributed by atoms with E-state index in [1.807, 2.05) is 26.0 Å². The van der Waals surface area contributed by atoms with Crippen molar-refractivity contribution < 1.29 is 14.3 Å². The van der Waals surface area contributed by atoms with Gasteiger partial charge in [0.2, 0.25) is 5.91 Å². The van der Waals surface area contributed by atoms with E-state index in [1.165, 1.54) is 0 Å². The molecule has 0 spiro atoms. The Kier molecular flexibility index (Phi) is 4.63. The summed E-state index contributed by atoms with van der Waals surface area (Å²) in [4.78, 5) is 13.9. The summed E-state index contributed by atoms with van der Waals surface area (Å²) in [6, 6.07) is 5.45. The van der Waals surface area contributed by atoms with Crippen molar-refractivity contribution in [3.8, 4) is 11.5 Å². The van der Waals surface area contributed by atoms with Gasteiger partial charge in [0.25, 0.3) is 0 Å². The minimum absolute atomic E-state index is 0.0135. The third-order valence-corrected chi connectivity index (χ3v) is 3.09. The smallest absolute Gasteiger partial charge is 0.238 e. The minimum atomic E-state index is -0.0135. The zero-order valence-electron chi connectivity index (χ0n) is 11.4. The molecule has 1 aromatic carbocycles. The van der Waals surface area contributed by atoms with Crippen LogP contribution in [-0.2, 0) is 4.79 Å². The Morgan fingerprint density at radius 1 is 1.21 bits per heavy atom. The standard InChI is InChI=1S/C14H20N2O3/c1-3-16(4-2)10-14(17)15-11-5-6-12-13(9-11)19-8-7-18-12/h5-6,9H,3-4,7-8,10H2,1-2H3,(H,15,17). The van der Waals surface area contributed by atoms with Gasteiger partial charge >= 0.3 is 0 Å². The molecule has 104 valence electrons. The fourth-order valence-electron chi connectivity index (χ4n) is 1.97. The molecule has 19 heavy (non-hydrogen) atoms. The van der Waals surface area contributed by atoms with Crippen molar-refractivity contribution in [2.75, 3.05) is 38.2 Å². The average Bonchev–Trinajstić information content (AvgIpc) is 2.44. The summed E-state index contributed by atoms with van der Waals surface area (Å²) in [5, 5.41) is 2.87. The van der Waals surface area contributed by atoms with Gasteiger partial charge < -0.3 is 14.8 Å². The highest BCUT2D eigenvalue weighted by molar-refractivity contribution is 5.92. The van der Waals surface area contributed by atoms with E-state index in [-0.39, 0.29) is 5.91 Å². The van der Waals surface area contributed by atoms with E-state index in [0.717, 1.165) is 24.5 Å². The third kappa shape index (κ3) is 3.61. The molecule has 0 saturated heterocycles. The molecule has 5 nitrogen and oxygen atoms in total. The fraction of sp³-hybridized carbons (Fsp3) is 0.500. The summed E-state index contributed by atoms with van der Waals surface area (Å²) >= 11 is 0. The Balaban J connectivity index is 1.97. The molecule has 1 aromatic rings.